The van der Waals surface area contributed by atoms with Crippen molar-refractivity contribution in [2.75, 3.05) is 12.8 Å². The van der Waals surface area contributed by atoms with Crippen molar-refractivity contribution in [3.8, 4) is 0 Å². The Bertz CT molecular complexity index is 731. The molecular formula is C14H15NO5S. The minimum Gasteiger partial charge on any atom is -0.463 e. The summed E-state index contributed by atoms with van der Waals surface area (Å²) < 4.78 is 33.8. The Morgan fingerprint density at radius 3 is 2.43 bits per heavy atom. The van der Waals surface area contributed by atoms with E-state index in [9.17, 15) is 13.2 Å². The zero-order chi connectivity index (χ0) is 15.5. The number of sulfone groups is 1. The third-order valence-corrected chi connectivity index (χ3v) is 4.27. The number of furan rings is 1. The molecule has 2 aromatic rings. The molecule has 1 heterocycles. The molecule has 1 aromatic heterocycles. The molecule has 6 nitrogen and oxygen atoms in total. The summed E-state index contributed by atoms with van der Waals surface area (Å²) in [5.74, 6) is -0.867. The van der Waals surface area contributed by atoms with Crippen LogP contribution < -0.4 is 5.73 Å². The van der Waals surface area contributed by atoms with Gasteiger partial charge in [-0.1, -0.05) is 12.1 Å². The maximum Gasteiger partial charge on any atom is 0.373 e. The SMILES string of the molecule is COC(=O)c1ccc(CS(=O)(=O)Cc2ccc(N)cc2)o1. The van der Waals surface area contributed by atoms with Crippen LogP contribution in [0.25, 0.3) is 0 Å². The second kappa shape index (κ2) is 6.01. The van der Waals surface area contributed by atoms with Gasteiger partial charge >= 0.3 is 5.97 Å². The Balaban J connectivity index is 2.08. The van der Waals surface area contributed by atoms with Crippen LogP contribution in [0.15, 0.2) is 40.8 Å². The zero-order valence-electron chi connectivity index (χ0n) is 11.4. The van der Waals surface area contributed by atoms with Crippen molar-refractivity contribution < 1.29 is 22.4 Å². The van der Waals surface area contributed by atoms with Gasteiger partial charge in [-0.3, -0.25) is 0 Å². The van der Waals surface area contributed by atoms with Crippen molar-refractivity contribution >= 4 is 21.5 Å². The van der Waals surface area contributed by atoms with Gasteiger partial charge in [0.25, 0.3) is 0 Å². The lowest BCUT2D eigenvalue weighted by Gasteiger charge is -2.03. The molecule has 0 aliphatic carbocycles. The van der Waals surface area contributed by atoms with E-state index in [-0.39, 0.29) is 23.0 Å². The number of nitrogen functional groups attached to an aromatic ring is 1. The van der Waals surface area contributed by atoms with Crippen LogP contribution >= 0.6 is 0 Å². The van der Waals surface area contributed by atoms with E-state index < -0.39 is 15.8 Å². The third-order valence-electron chi connectivity index (χ3n) is 2.78. The van der Waals surface area contributed by atoms with Gasteiger partial charge in [-0.15, -0.1) is 0 Å². The van der Waals surface area contributed by atoms with Gasteiger partial charge in [0.05, 0.1) is 12.9 Å². The van der Waals surface area contributed by atoms with Crippen molar-refractivity contribution in [1.29, 1.82) is 0 Å². The number of carbonyl (C=O) groups is 1. The number of hydrogen-bond donors (Lipinski definition) is 1. The van der Waals surface area contributed by atoms with Crippen LogP contribution in [0.4, 0.5) is 5.69 Å². The number of esters is 1. The average molecular weight is 309 g/mol. The topological polar surface area (TPSA) is 99.6 Å². The number of ether oxygens (including phenoxy) is 1. The Morgan fingerprint density at radius 2 is 1.81 bits per heavy atom. The van der Waals surface area contributed by atoms with Crippen LogP contribution in [0.2, 0.25) is 0 Å². The normalized spacial score (nSPS) is 11.3. The summed E-state index contributed by atoms with van der Waals surface area (Å²) >= 11 is 0. The van der Waals surface area contributed by atoms with Crippen molar-refractivity contribution in [3.05, 3.63) is 53.5 Å². The first-order valence-corrected chi connectivity index (χ1v) is 7.93. The van der Waals surface area contributed by atoms with Crippen molar-refractivity contribution in [1.82, 2.24) is 0 Å². The van der Waals surface area contributed by atoms with Gasteiger partial charge in [-0.2, -0.15) is 0 Å². The van der Waals surface area contributed by atoms with Crippen LogP contribution in [0.3, 0.4) is 0 Å². The first-order valence-electron chi connectivity index (χ1n) is 6.11. The molecule has 0 saturated carbocycles. The van der Waals surface area contributed by atoms with Crippen molar-refractivity contribution in [2.24, 2.45) is 0 Å². The van der Waals surface area contributed by atoms with Crippen LogP contribution in [0.5, 0.6) is 0 Å². The molecule has 0 aliphatic rings. The highest BCUT2D eigenvalue weighted by atomic mass is 32.2. The quantitative estimate of drug-likeness (QED) is 0.667. The van der Waals surface area contributed by atoms with Gasteiger partial charge in [0.15, 0.2) is 9.84 Å². The Morgan fingerprint density at radius 1 is 1.14 bits per heavy atom. The zero-order valence-corrected chi connectivity index (χ0v) is 12.2. The number of anilines is 1. The van der Waals surface area contributed by atoms with Gasteiger partial charge in [0, 0.05) is 5.69 Å². The fourth-order valence-corrected chi connectivity index (χ4v) is 3.19. The summed E-state index contributed by atoms with van der Waals surface area (Å²) in [4.78, 5) is 11.2. The molecule has 0 unspecified atom stereocenters. The molecule has 112 valence electrons. The lowest BCUT2D eigenvalue weighted by molar-refractivity contribution is 0.0563. The smallest absolute Gasteiger partial charge is 0.373 e. The van der Waals surface area contributed by atoms with E-state index in [1.54, 1.807) is 24.3 Å². The predicted octanol–water partition coefficient (Wildman–Crippen LogP) is 1.76. The van der Waals surface area contributed by atoms with Gasteiger partial charge in [-0.25, -0.2) is 13.2 Å². The molecule has 2 N–H and O–H groups in total. The Kier molecular flexibility index (Phi) is 4.32. The fraction of sp³-hybridized carbons (Fsp3) is 0.214. The first kappa shape index (κ1) is 15.1. The van der Waals surface area contributed by atoms with E-state index in [2.05, 4.69) is 4.74 Å². The second-order valence-corrected chi connectivity index (χ2v) is 6.60. The van der Waals surface area contributed by atoms with Crippen LogP contribution in [0, 0.1) is 0 Å². The van der Waals surface area contributed by atoms with E-state index in [0.717, 1.165) is 0 Å². The number of hydrogen-bond acceptors (Lipinski definition) is 6. The minimum atomic E-state index is -3.41. The highest BCUT2D eigenvalue weighted by Crippen LogP contribution is 2.16. The lowest BCUT2D eigenvalue weighted by atomic mass is 10.2. The molecule has 0 fully saturated rings. The van der Waals surface area contributed by atoms with E-state index in [1.165, 1.54) is 19.2 Å². The minimum absolute atomic E-state index is 0.0183. The molecular weight excluding hydrogens is 294 g/mol. The highest BCUT2D eigenvalue weighted by molar-refractivity contribution is 7.89. The molecule has 1 aromatic carbocycles. The summed E-state index contributed by atoms with van der Waals surface area (Å²) in [5.41, 5.74) is 6.77. The van der Waals surface area contributed by atoms with E-state index in [4.69, 9.17) is 10.2 Å². The molecule has 0 radical (unpaired) electrons. The molecule has 0 saturated heterocycles. The van der Waals surface area contributed by atoms with Gasteiger partial charge < -0.3 is 14.9 Å². The number of nitrogens with two attached hydrogens (primary N) is 1. The van der Waals surface area contributed by atoms with Crippen LogP contribution in [-0.2, 0) is 26.1 Å². The standard InChI is InChI=1S/C14H15NO5S/c1-19-14(16)13-7-6-12(20-13)9-21(17,18)8-10-2-4-11(15)5-3-10/h2-7H,8-9,15H2,1H3. The summed E-state index contributed by atoms with van der Waals surface area (Å²) in [6.45, 7) is 0. The molecule has 0 bridgehead atoms. The Hall–Kier alpha value is -2.28. The number of rotatable bonds is 5. The third kappa shape index (κ3) is 4.09. The highest BCUT2D eigenvalue weighted by Gasteiger charge is 2.18. The van der Waals surface area contributed by atoms with E-state index in [0.29, 0.717) is 11.3 Å². The molecule has 0 atom stereocenters. The Labute approximate surface area is 122 Å². The molecule has 0 spiro atoms. The number of carbonyl (C=O) groups excluding carboxylic acids is 1. The van der Waals surface area contributed by atoms with Gasteiger partial charge in [0.2, 0.25) is 5.76 Å². The number of methoxy groups -OCH3 is 1. The second-order valence-electron chi connectivity index (χ2n) is 4.53. The van der Waals surface area contributed by atoms with Crippen LogP contribution in [-0.4, -0.2) is 21.5 Å². The monoisotopic (exact) mass is 309 g/mol. The van der Waals surface area contributed by atoms with E-state index >= 15 is 0 Å². The fourth-order valence-electron chi connectivity index (χ4n) is 1.80. The van der Waals surface area contributed by atoms with Crippen molar-refractivity contribution in [3.63, 3.8) is 0 Å². The maximum atomic E-state index is 12.1. The average Bonchev–Trinajstić information content (AvgIpc) is 2.88. The summed E-state index contributed by atoms with van der Waals surface area (Å²) in [6.07, 6.45) is 0. The van der Waals surface area contributed by atoms with Gasteiger partial charge in [-0.05, 0) is 29.8 Å². The summed E-state index contributed by atoms with van der Waals surface area (Å²) in [6, 6.07) is 9.46. The first-order chi connectivity index (χ1) is 9.89. The molecule has 21 heavy (non-hydrogen) atoms. The van der Waals surface area contributed by atoms with Crippen molar-refractivity contribution in [2.45, 2.75) is 11.5 Å². The molecule has 0 amide bonds. The predicted molar refractivity (Wildman–Crippen MR) is 77.2 cm³/mol. The largest absolute Gasteiger partial charge is 0.463 e. The molecule has 0 aliphatic heterocycles. The maximum absolute atomic E-state index is 12.1. The summed E-state index contributed by atoms with van der Waals surface area (Å²) in [5, 5.41) is 0. The van der Waals surface area contributed by atoms with E-state index in [1.807, 2.05) is 0 Å². The van der Waals surface area contributed by atoms with Gasteiger partial charge in [0.1, 0.15) is 11.5 Å². The number of benzene rings is 1. The summed E-state index contributed by atoms with van der Waals surface area (Å²) in [7, 11) is -2.18. The van der Waals surface area contributed by atoms with Crippen LogP contribution in [0.1, 0.15) is 21.9 Å². The molecule has 7 heteroatoms. The molecule has 2 rings (SSSR count). The lowest BCUT2D eigenvalue weighted by Crippen LogP contribution is -2.07.